The standard InChI is InChI=1S/C12H9BrFNO3S/c13-9-3-1-2-4-12(9)19(17,18)15-10-6-5-8(14)7-11(10)16/h1-7,15-16H. The van der Waals surface area contributed by atoms with Gasteiger partial charge in [-0.05, 0) is 40.2 Å². The Bertz CT molecular complexity index is 719. The van der Waals surface area contributed by atoms with Crippen LogP contribution in [0.15, 0.2) is 51.8 Å². The molecule has 0 heterocycles. The summed E-state index contributed by atoms with van der Waals surface area (Å²) in [6.45, 7) is 0. The highest BCUT2D eigenvalue weighted by Gasteiger charge is 2.18. The highest BCUT2D eigenvalue weighted by molar-refractivity contribution is 9.10. The van der Waals surface area contributed by atoms with Crippen LogP contribution in [0.3, 0.4) is 0 Å². The molecule has 0 aliphatic carbocycles. The first-order valence-corrected chi connectivity index (χ1v) is 7.43. The van der Waals surface area contributed by atoms with Gasteiger partial charge in [0.25, 0.3) is 10.0 Å². The summed E-state index contributed by atoms with van der Waals surface area (Å²) in [5.41, 5.74) is -0.0860. The van der Waals surface area contributed by atoms with E-state index in [9.17, 15) is 17.9 Å². The van der Waals surface area contributed by atoms with E-state index in [1.807, 2.05) is 0 Å². The molecule has 7 heteroatoms. The lowest BCUT2D eigenvalue weighted by Crippen LogP contribution is -2.13. The maximum Gasteiger partial charge on any atom is 0.263 e. The molecule has 4 nitrogen and oxygen atoms in total. The van der Waals surface area contributed by atoms with Gasteiger partial charge in [0.15, 0.2) is 0 Å². The minimum atomic E-state index is -3.86. The molecular formula is C12H9BrFNO3S. The zero-order valence-electron chi connectivity index (χ0n) is 9.47. The van der Waals surface area contributed by atoms with E-state index in [0.717, 1.165) is 18.2 Å². The monoisotopic (exact) mass is 345 g/mol. The fraction of sp³-hybridized carbons (Fsp3) is 0. The van der Waals surface area contributed by atoms with E-state index in [1.165, 1.54) is 6.07 Å². The van der Waals surface area contributed by atoms with Gasteiger partial charge >= 0.3 is 0 Å². The van der Waals surface area contributed by atoms with Crippen LogP contribution in [-0.4, -0.2) is 13.5 Å². The summed E-state index contributed by atoms with van der Waals surface area (Å²) >= 11 is 3.13. The van der Waals surface area contributed by atoms with E-state index in [1.54, 1.807) is 18.2 Å². The topological polar surface area (TPSA) is 66.4 Å². The van der Waals surface area contributed by atoms with E-state index in [4.69, 9.17) is 0 Å². The minimum Gasteiger partial charge on any atom is -0.506 e. The fourth-order valence-electron chi connectivity index (χ4n) is 1.45. The van der Waals surface area contributed by atoms with Gasteiger partial charge in [-0.1, -0.05) is 12.1 Å². The Morgan fingerprint density at radius 2 is 1.84 bits per heavy atom. The van der Waals surface area contributed by atoms with E-state index in [2.05, 4.69) is 20.7 Å². The summed E-state index contributed by atoms with van der Waals surface area (Å²) in [5, 5.41) is 9.49. The van der Waals surface area contributed by atoms with Crippen LogP contribution in [0.5, 0.6) is 5.75 Å². The van der Waals surface area contributed by atoms with Crippen LogP contribution in [-0.2, 0) is 10.0 Å². The lowest BCUT2D eigenvalue weighted by atomic mass is 10.3. The molecular weight excluding hydrogens is 337 g/mol. The molecule has 0 aromatic heterocycles. The van der Waals surface area contributed by atoms with E-state index >= 15 is 0 Å². The van der Waals surface area contributed by atoms with Crippen molar-refractivity contribution in [2.75, 3.05) is 4.72 Å². The number of benzene rings is 2. The number of aromatic hydroxyl groups is 1. The van der Waals surface area contributed by atoms with Crippen molar-refractivity contribution in [1.82, 2.24) is 0 Å². The maximum absolute atomic E-state index is 12.8. The predicted octanol–water partition coefficient (Wildman–Crippen LogP) is 3.09. The molecule has 0 fully saturated rings. The molecule has 0 bridgehead atoms. The smallest absolute Gasteiger partial charge is 0.263 e. The second-order valence-electron chi connectivity index (χ2n) is 3.70. The van der Waals surface area contributed by atoms with Crippen LogP contribution in [0.1, 0.15) is 0 Å². The van der Waals surface area contributed by atoms with Gasteiger partial charge in [-0.15, -0.1) is 0 Å². The number of anilines is 1. The molecule has 0 amide bonds. The van der Waals surface area contributed by atoms with Crippen molar-refractivity contribution in [2.45, 2.75) is 4.90 Å². The number of halogens is 2. The summed E-state index contributed by atoms with van der Waals surface area (Å²) in [5.74, 6) is -1.13. The molecule has 2 aromatic carbocycles. The molecule has 2 N–H and O–H groups in total. The van der Waals surface area contributed by atoms with Crippen molar-refractivity contribution < 1.29 is 17.9 Å². The Morgan fingerprint density at radius 1 is 1.16 bits per heavy atom. The molecule has 2 aromatic rings. The summed E-state index contributed by atoms with van der Waals surface area (Å²) in [6.07, 6.45) is 0. The van der Waals surface area contributed by atoms with E-state index in [-0.39, 0.29) is 10.6 Å². The predicted molar refractivity (Wildman–Crippen MR) is 73.0 cm³/mol. The number of sulfonamides is 1. The number of nitrogens with one attached hydrogen (secondary N) is 1. The highest BCUT2D eigenvalue weighted by Crippen LogP contribution is 2.28. The molecule has 0 saturated carbocycles. The Balaban J connectivity index is 2.40. The van der Waals surface area contributed by atoms with Gasteiger partial charge in [-0.25, -0.2) is 12.8 Å². The first kappa shape index (κ1) is 13.8. The minimum absolute atomic E-state index is 0.0266. The zero-order chi connectivity index (χ0) is 14.0. The largest absolute Gasteiger partial charge is 0.506 e. The first-order valence-electron chi connectivity index (χ1n) is 5.16. The van der Waals surface area contributed by atoms with Gasteiger partial charge in [0.2, 0.25) is 0 Å². The molecule has 0 unspecified atom stereocenters. The number of phenolic OH excluding ortho intramolecular Hbond substituents is 1. The van der Waals surface area contributed by atoms with Crippen molar-refractivity contribution in [1.29, 1.82) is 0 Å². The SMILES string of the molecule is O=S(=O)(Nc1ccc(F)cc1O)c1ccccc1Br. The van der Waals surface area contributed by atoms with Crippen LogP contribution < -0.4 is 4.72 Å². The van der Waals surface area contributed by atoms with Crippen LogP contribution in [0.4, 0.5) is 10.1 Å². The molecule has 2 rings (SSSR count). The van der Waals surface area contributed by atoms with Crippen molar-refractivity contribution >= 4 is 31.6 Å². The third-order valence-corrected chi connectivity index (χ3v) is 4.71. The normalized spacial score (nSPS) is 11.3. The van der Waals surface area contributed by atoms with Gasteiger partial charge in [-0.2, -0.15) is 0 Å². The fourth-order valence-corrected chi connectivity index (χ4v) is 3.53. The van der Waals surface area contributed by atoms with Gasteiger partial charge in [0, 0.05) is 10.5 Å². The van der Waals surface area contributed by atoms with Crippen molar-refractivity contribution in [3.8, 4) is 5.75 Å². The highest BCUT2D eigenvalue weighted by atomic mass is 79.9. The van der Waals surface area contributed by atoms with Gasteiger partial charge in [-0.3, -0.25) is 4.72 Å². The van der Waals surface area contributed by atoms with E-state index < -0.39 is 21.6 Å². The molecule has 19 heavy (non-hydrogen) atoms. The summed E-state index contributed by atoms with van der Waals surface area (Å²) in [7, 11) is -3.86. The summed E-state index contributed by atoms with van der Waals surface area (Å²) in [6, 6.07) is 9.28. The molecule has 0 aliphatic rings. The van der Waals surface area contributed by atoms with Crippen LogP contribution >= 0.6 is 15.9 Å². The first-order chi connectivity index (χ1) is 8.90. The maximum atomic E-state index is 12.8. The molecule has 0 spiro atoms. The van der Waals surface area contributed by atoms with Gasteiger partial charge in [0.05, 0.1) is 5.69 Å². The number of hydrogen-bond donors (Lipinski definition) is 2. The van der Waals surface area contributed by atoms with Gasteiger partial charge in [0.1, 0.15) is 16.5 Å². The molecule has 100 valence electrons. The summed E-state index contributed by atoms with van der Waals surface area (Å²) in [4.78, 5) is 0.0266. The molecule has 0 radical (unpaired) electrons. The van der Waals surface area contributed by atoms with Crippen molar-refractivity contribution in [2.24, 2.45) is 0 Å². The van der Waals surface area contributed by atoms with Crippen LogP contribution in [0.25, 0.3) is 0 Å². The number of hydrogen-bond acceptors (Lipinski definition) is 3. The zero-order valence-corrected chi connectivity index (χ0v) is 11.9. The average molecular weight is 346 g/mol. The van der Waals surface area contributed by atoms with E-state index in [0.29, 0.717) is 4.47 Å². The third kappa shape index (κ3) is 3.05. The Morgan fingerprint density at radius 3 is 2.47 bits per heavy atom. The van der Waals surface area contributed by atoms with Gasteiger partial charge < -0.3 is 5.11 Å². The van der Waals surface area contributed by atoms with Crippen LogP contribution in [0, 0.1) is 5.82 Å². The Kier molecular flexibility index (Phi) is 3.77. The van der Waals surface area contributed by atoms with Crippen molar-refractivity contribution in [3.63, 3.8) is 0 Å². The Hall–Kier alpha value is -1.60. The second-order valence-corrected chi connectivity index (χ2v) is 6.20. The number of rotatable bonds is 3. The molecule has 0 saturated heterocycles. The number of phenols is 1. The summed E-state index contributed by atoms with van der Waals surface area (Å²) < 4.78 is 39.6. The van der Waals surface area contributed by atoms with Crippen molar-refractivity contribution in [3.05, 3.63) is 52.8 Å². The lowest BCUT2D eigenvalue weighted by molar-refractivity contribution is 0.471. The third-order valence-electron chi connectivity index (χ3n) is 2.33. The lowest BCUT2D eigenvalue weighted by Gasteiger charge is -2.10. The molecule has 0 aliphatic heterocycles. The molecule has 0 atom stereocenters. The quantitative estimate of drug-likeness (QED) is 0.840. The second kappa shape index (κ2) is 5.18. The Labute approximate surface area is 118 Å². The van der Waals surface area contributed by atoms with Crippen LogP contribution in [0.2, 0.25) is 0 Å². The average Bonchev–Trinajstić information content (AvgIpc) is 2.33.